The number of nitrogens with zero attached hydrogens (tertiary/aromatic N) is 1. The average Bonchev–Trinajstić information content (AvgIpc) is 2.42. The number of benzene rings is 1. The standard InChI is InChI=1S/C15H17N3O/c1-3-16-14-9-8-12(10-17-14)15(19)18-13-7-5-4-6-11(13)2/h4-10H,3H2,1-2H3,(H,16,17)(H,18,19). The summed E-state index contributed by atoms with van der Waals surface area (Å²) in [6, 6.07) is 11.2. The molecule has 1 heterocycles. The van der Waals surface area contributed by atoms with Crippen LogP contribution < -0.4 is 10.6 Å². The number of carbonyl (C=O) groups is 1. The van der Waals surface area contributed by atoms with Crippen LogP contribution in [0.15, 0.2) is 42.6 Å². The average molecular weight is 255 g/mol. The van der Waals surface area contributed by atoms with E-state index >= 15 is 0 Å². The quantitative estimate of drug-likeness (QED) is 0.882. The molecule has 0 saturated heterocycles. The van der Waals surface area contributed by atoms with E-state index in [2.05, 4.69) is 15.6 Å². The fourth-order valence-electron chi connectivity index (χ4n) is 1.72. The Morgan fingerprint density at radius 3 is 2.63 bits per heavy atom. The highest BCUT2D eigenvalue weighted by atomic mass is 16.1. The molecule has 2 N–H and O–H groups in total. The molecule has 0 radical (unpaired) electrons. The van der Waals surface area contributed by atoms with Gasteiger partial charge in [0.05, 0.1) is 5.56 Å². The van der Waals surface area contributed by atoms with E-state index < -0.39 is 0 Å². The number of para-hydroxylation sites is 1. The van der Waals surface area contributed by atoms with Crippen LogP contribution in [0, 0.1) is 6.92 Å². The van der Waals surface area contributed by atoms with E-state index in [0.717, 1.165) is 23.6 Å². The molecule has 0 aliphatic rings. The molecule has 4 nitrogen and oxygen atoms in total. The van der Waals surface area contributed by atoms with Gasteiger partial charge in [-0.3, -0.25) is 4.79 Å². The van der Waals surface area contributed by atoms with Gasteiger partial charge in [0.1, 0.15) is 5.82 Å². The van der Waals surface area contributed by atoms with E-state index in [-0.39, 0.29) is 5.91 Å². The van der Waals surface area contributed by atoms with E-state index in [1.807, 2.05) is 38.1 Å². The van der Waals surface area contributed by atoms with Gasteiger partial charge in [-0.05, 0) is 37.6 Å². The van der Waals surface area contributed by atoms with Gasteiger partial charge < -0.3 is 10.6 Å². The fraction of sp³-hybridized carbons (Fsp3) is 0.200. The third-order valence-corrected chi connectivity index (χ3v) is 2.78. The first-order valence-corrected chi connectivity index (χ1v) is 6.27. The van der Waals surface area contributed by atoms with Crippen molar-refractivity contribution < 1.29 is 4.79 Å². The summed E-state index contributed by atoms with van der Waals surface area (Å²) in [6.45, 7) is 4.77. The number of nitrogens with one attached hydrogen (secondary N) is 2. The molecule has 4 heteroatoms. The maximum absolute atomic E-state index is 12.1. The summed E-state index contributed by atoms with van der Waals surface area (Å²) in [5.74, 6) is 0.625. The third kappa shape index (κ3) is 3.31. The minimum atomic E-state index is -0.148. The molecule has 19 heavy (non-hydrogen) atoms. The van der Waals surface area contributed by atoms with Gasteiger partial charge in [0.15, 0.2) is 0 Å². The zero-order valence-corrected chi connectivity index (χ0v) is 11.1. The highest BCUT2D eigenvalue weighted by Crippen LogP contribution is 2.14. The number of hydrogen-bond donors (Lipinski definition) is 2. The van der Waals surface area contributed by atoms with Gasteiger partial charge in [-0.1, -0.05) is 18.2 Å². The van der Waals surface area contributed by atoms with Crippen LogP contribution in [-0.2, 0) is 0 Å². The number of amides is 1. The monoisotopic (exact) mass is 255 g/mol. The van der Waals surface area contributed by atoms with Crippen molar-refractivity contribution in [3.8, 4) is 0 Å². The van der Waals surface area contributed by atoms with Gasteiger partial charge in [-0.25, -0.2) is 4.98 Å². The lowest BCUT2D eigenvalue weighted by atomic mass is 10.2. The Hall–Kier alpha value is -2.36. The maximum atomic E-state index is 12.1. The van der Waals surface area contributed by atoms with E-state index in [0.29, 0.717) is 5.56 Å². The zero-order valence-electron chi connectivity index (χ0n) is 11.1. The van der Waals surface area contributed by atoms with Crippen molar-refractivity contribution in [2.75, 3.05) is 17.2 Å². The number of pyridine rings is 1. The molecule has 2 aromatic rings. The smallest absolute Gasteiger partial charge is 0.257 e. The second kappa shape index (κ2) is 6.00. The highest BCUT2D eigenvalue weighted by molar-refractivity contribution is 6.04. The highest BCUT2D eigenvalue weighted by Gasteiger charge is 2.07. The Morgan fingerprint density at radius 1 is 1.21 bits per heavy atom. The van der Waals surface area contributed by atoms with Crippen molar-refractivity contribution in [3.63, 3.8) is 0 Å². The van der Waals surface area contributed by atoms with Gasteiger partial charge in [0, 0.05) is 18.4 Å². The number of aromatic nitrogens is 1. The van der Waals surface area contributed by atoms with Crippen LogP contribution >= 0.6 is 0 Å². The summed E-state index contributed by atoms with van der Waals surface area (Å²) < 4.78 is 0. The minimum Gasteiger partial charge on any atom is -0.370 e. The van der Waals surface area contributed by atoms with E-state index in [1.165, 1.54) is 0 Å². The van der Waals surface area contributed by atoms with Gasteiger partial charge >= 0.3 is 0 Å². The molecule has 1 aromatic carbocycles. The van der Waals surface area contributed by atoms with E-state index in [1.54, 1.807) is 18.3 Å². The molecule has 0 aliphatic carbocycles. The SMILES string of the molecule is CCNc1ccc(C(=O)Nc2ccccc2C)cn1. The molecule has 1 aromatic heterocycles. The Bertz CT molecular complexity index is 564. The maximum Gasteiger partial charge on any atom is 0.257 e. The van der Waals surface area contributed by atoms with Gasteiger partial charge in [0.2, 0.25) is 0 Å². The summed E-state index contributed by atoms with van der Waals surface area (Å²) in [4.78, 5) is 16.2. The number of anilines is 2. The largest absolute Gasteiger partial charge is 0.370 e. The van der Waals surface area contributed by atoms with Crippen LogP contribution in [0.25, 0.3) is 0 Å². The summed E-state index contributed by atoms with van der Waals surface area (Å²) >= 11 is 0. The van der Waals surface area contributed by atoms with Crippen LogP contribution in [0.5, 0.6) is 0 Å². The summed E-state index contributed by atoms with van der Waals surface area (Å²) in [5, 5.41) is 5.97. The van der Waals surface area contributed by atoms with Gasteiger partial charge in [-0.2, -0.15) is 0 Å². The van der Waals surface area contributed by atoms with Crippen molar-refractivity contribution in [1.82, 2.24) is 4.98 Å². The molecule has 98 valence electrons. The first kappa shape index (κ1) is 13.1. The summed E-state index contributed by atoms with van der Waals surface area (Å²) in [5.41, 5.74) is 2.40. The molecule has 0 atom stereocenters. The molecule has 0 aliphatic heterocycles. The first-order chi connectivity index (χ1) is 9.20. The lowest BCUT2D eigenvalue weighted by Gasteiger charge is -2.08. The summed E-state index contributed by atoms with van der Waals surface area (Å²) in [7, 11) is 0. The zero-order chi connectivity index (χ0) is 13.7. The van der Waals surface area contributed by atoms with Crippen molar-refractivity contribution in [2.24, 2.45) is 0 Å². The second-order valence-corrected chi connectivity index (χ2v) is 4.23. The van der Waals surface area contributed by atoms with E-state index in [4.69, 9.17) is 0 Å². The second-order valence-electron chi connectivity index (χ2n) is 4.23. The number of aryl methyl sites for hydroxylation is 1. The van der Waals surface area contributed by atoms with Crippen LogP contribution in [0.2, 0.25) is 0 Å². The Labute approximate surface area is 112 Å². The number of hydrogen-bond acceptors (Lipinski definition) is 3. The topological polar surface area (TPSA) is 54.0 Å². The molecule has 0 bridgehead atoms. The Morgan fingerprint density at radius 2 is 2.00 bits per heavy atom. The third-order valence-electron chi connectivity index (χ3n) is 2.78. The fourth-order valence-corrected chi connectivity index (χ4v) is 1.72. The molecule has 2 rings (SSSR count). The van der Waals surface area contributed by atoms with Crippen LogP contribution in [0.4, 0.5) is 11.5 Å². The van der Waals surface area contributed by atoms with Crippen molar-refractivity contribution in [1.29, 1.82) is 0 Å². The normalized spacial score (nSPS) is 10.0. The number of rotatable bonds is 4. The molecule has 0 fully saturated rings. The lowest BCUT2D eigenvalue weighted by Crippen LogP contribution is -2.13. The van der Waals surface area contributed by atoms with Crippen molar-refractivity contribution >= 4 is 17.4 Å². The summed E-state index contributed by atoms with van der Waals surface area (Å²) in [6.07, 6.45) is 1.58. The van der Waals surface area contributed by atoms with Crippen LogP contribution in [0.3, 0.4) is 0 Å². The molecular formula is C15H17N3O. The Kier molecular flexibility index (Phi) is 4.13. The van der Waals surface area contributed by atoms with Gasteiger partial charge in [0.25, 0.3) is 5.91 Å². The predicted octanol–water partition coefficient (Wildman–Crippen LogP) is 3.07. The van der Waals surface area contributed by atoms with Crippen molar-refractivity contribution in [2.45, 2.75) is 13.8 Å². The van der Waals surface area contributed by atoms with Crippen molar-refractivity contribution in [3.05, 3.63) is 53.7 Å². The minimum absolute atomic E-state index is 0.148. The molecule has 1 amide bonds. The predicted molar refractivity (Wildman–Crippen MR) is 77.5 cm³/mol. The molecule has 0 spiro atoms. The first-order valence-electron chi connectivity index (χ1n) is 6.27. The molecule has 0 saturated carbocycles. The Balaban J connectivity index is 2.10. The van der Waals surface area contributed by atoms with Gasteiger partial charge in [-0.15, -0.1) is 0 Å². The number of carbonyl (C=O) groups excluding carboxylic acids is 1. The van der Waals surface area contributed by atoms with Crippen LogP contribution in [0.1, 0.15) is 22.8 Å². The molecule has 0 unspecified atom stereocenters. The van der Waals surface area contributed by atoms with E-state index in [9.17, 15) is 4.79 Å². The van der Waals surface area contributed by atoms with Crippen LogP contribution in [-0.4, -0.2) is 17.4 Å². The molecular weight excluding hydrogens is 238 g/mol. The lowest BCUT2D eigenvalue weighted by molar-refractivity contribution is 0.102.